The molecule has 0 fully saturated rings. The number of anilines is 1. The van der Waals surface area contributed by atoms with E-state index in [-0.39, 0.29) is 11.4 Å². The summed E-state index contributed by atoms with van der Waals surface area (Å²) in [7, 11) is 1.82. The van der Waals surface area contributed by atoms with Crippen LogP contribution in [0, 0.1) is 17.0 Å². The Morgan fingerprint density at radius 2 is 1.82 bits per heavy atom. The topological polar surface area (TPSA) is 116 Å². The maximum Gasteiger partial charge on any atom is 0.293 e. The van der Waals surface area contributed by atoms with Gasteiger partial charge in [-0.3, -0.25) is 19.9 Å². The molecule has 0 saturated heterocycles. The van der Waals surface area contributed by atoms with Crippen LogP contribution in [0.5, 0.6) is 0 Å². The van der Waals surface area contributed by atoms with Gasteiger partial charge in [0.15, 0.2) is 11.0 Å². The predicted molar refractivity (Wildman–Crippen MR) is 126 cm³/mol. The molecule has 0 aliphatic rings. The number of aryl methyl sites for hydroxylation is 1. The molecule has 10 heteroatoms. The molecule has 9 nitrogen and oxygen atoms in total. The van der Waals surface area contributed by atoms with Crippen LogP contribution in [-0.2, 0) is 11.8 Å². The zero-order valence-electron chi connectivity index (χ0n) is 17.9. The highest BCUT2D eigenvalue weighted by molar-refractivity contribution is 8.00. The average Bonchev–Trinajstić information content (AvgIpc) is 3.19. The molecule has 0 unspecified atom stereocenters. The van der Waals surface area contributed by atoms with Crippen LogP contribution in [0.2, 0.25) is 0 Å². The third-order valence-corrected chi connectivity index (χ3v) is 6.23. The quantitative estimate of drug-likeness (QED) is 0.244. The molecule has 0 spiro atoms. The van der Waals surface area contributed by atoms with E-state index in [2.05, 4.69) is 20.5 Å². The number of hydrogen-bond donors (Lipinski definition) is 1. The van der Waals surface area contributed by atoms with E-state index in [1.54, 1.807) is 36.0 Å². The SMILES string of the molecule is Cc1ccc(NC(=O)[C@H](Sc2nnc(-c3ccncc3)n2C)c2ccccc2)c([N+](=O)[O-])c1. The Hall–Kier alpha value is -4.05. The van der Waals surface area contributed by atoms with Crippen molar-refractivity contribution in [2.75, 3.05) is 5.32 Å². The average molecular weight is 461 g/mol. The molecule has 1 N–H and O–H groups in total. The van der Waals surface area contributed by atoms with Gasteiger partial charge in [-0.25, -0.2) is 0 Å². The molecule has 0 radical (unpaired) electrons. The number of nitro groups is 1. The highest BCUT2D eigenvalue weighted by atomic mass is 32.2. The number of pyridine rings is 1. The van der Waals surface area contributed by atoms with Crippen molar-refractivity contribution in [2.45, 2.75) is 17.3 Å². The molecule has 4 rings (SSSR count). The van der Waals surface area contributed by atoms with Crippen LogP contribution in [0.1, 0.15) is 16.4 Å². The smallest absolute Gasteiger partial charge is 0.293 e. The molecule has 1 atom stereocenters. The second-order valence-electron chi connectivity index (χ2n) is 7.28. The molecule has 2 aromatic carbocycles. The fourth-order valence-corrected chi connectivity index (χ4v) is 4.28. The number of carbonyl (C=O) groups excluding carboxylic acids is 1. The molecule has 33 heavy (non-hydrogen) atoms. The van der Waals surface area contributed by atoms with Crippen molar-refractivity contribution in [1.29, 1.82) is 0 Å². The lowest BCUT2D eigenvalue weighted by molar-refractivity contribution is -0.384. The maximum absolute atomic E-state index is 13.3. The summed E-state index contributed by atoms with van der Waals surface area (Å²) in [6, 6.07) is 17.6. The van der Waals surface area contributed by atoms with Gasteiger partial charge < -0.3 is 9.88 Å². The molecule has 0 saturated carbocycles. The molecule has 0 aliphatic carbocycles. The second kappa shape index (κ2) is 9.61. The number of carbonyl (C=O) groups is 1. The number of nitrogens with zero attached hydrogens (tertiary/aromatic N) is 5. The number of thioether (sulfide) groups is 1. The van der Waals surface area contributed by atoms with Crippen LogP contribution in [0.25, 0.3) is 11.4 Å². The Kier molecular flexibility index (Phi) is 6.45. The summed E-state index contributed by atoms with van der Waals surface area (Å²) in [4.78, 5) is 28.4. The number of aromatic nitrogens is 4. The number of rotatable bonds is 7. The number of amides is 1. The summed E-state index contributed by atoms with van der Waals surface area (Å²) < 4.78 is 1.80. The van der Waals surface area contributed by atoms with Gasteiger partial charge in [0.25, 0.3) is 5.69 Å². The van der Waals surface area contributed by atoms with Gasteiger partial charge in [-0.1, -0.05) is 48.2 Å². The normalized spacial score (nSPS) is 11.7. The predicted octanol–water partition coefficient (Wildman–Crippen LogP) is 4.57. The van der Waals surface area contributed by atoms with Crippen molar-refractivity contribution >= 4 is 29.0 Å². The van der Waals surface area contributed by atoms with Gasteiger partial charge in [0, 0.05) is 31.1 Å². The fraction of sp³-hybridized carbons (Fsp3) is 0.130. The van der Waals surface area contributed by atoms with Crippen molar-refractivity contribution in [1.82, 2.24) is 19.7 Å². The first kappa shape index (κ1) is 22.2. The summed E-state index contributed by atoms with van der Waals surface area (Å²) in [5, 5.41) is 22.6. The van der Waals surface area contributed by atoms with Crippen LogP contribution in [0.3, 0.4) is 0 Å². The van der Waals surface area contributed by atoms with Crippen LogP contribution in [-0.4, -0.2) is 30.6 Å². The van der Waals surface area contributed by atoms with Crippen molar-refractivity contribution in [3.05, 3.63) is 94.3 Å². The van der Waals surface area contributed by atoms with E-state index in [0.29, 0.717) is 11.0 Å². The second-order valence-corrected chi connectivity index (χ2v) is 8.35. The van der Waals surface area contributed by atoms with Crippen LogP contribution in [0.15, 0.2) is 78.2 Å². The monoisotopic (exact) mass is 460 g/mol. The lowest BCUT2D eigenvalue weighted by Crippen LogP contribution is -2.20. The molecule has 1 amide bonds. The molecule has 2 heterocycles. The summed E-state index contributed by atoms with van der Waals surface area (Å²) in [5.74, 6) is 0.243. The number of hydrogen-bond acceptors (Lipinski definition) is 7. The number of nitro benzene ring substituents is 1. The first-order chi connectivity index (χ1) is 15.9. The summed E-state index contributed by atoms with van der Waals surface area (Å²) in [6.45, 7) is 1.76. The van der Waals surface area contributed by atoms with E-state index in [9.17, 15) is 14.9 Å². The minimum atomic E-state index is -0.708. The lowest BCUT2D eigenvalue weighted by Gasteiger charge is -2.17. The maximum atomic E-state index is 13.3. The van der Waals surface area contributed by atoms with Gasteiger partial charge >= 0.3 is 0 Å². The summed E-state index contributed by atoms with van der Waals surface area (Å²) in [5.41, 5.74) is 2.31. The van der Waals surface area contributed by atoms with Gasteiger partial charge in [0.05, 0.1) is 4.92 Å². The van der Waals surface area contributed by atoms with Crippen molar-refractivity contribution < 1.29 is 9.72 Å². The van der Waals surface area contributed by atoms with E-state index in [1.807, 2.05) is 49.5 Å². The Labute approximate surface area is 194 Å². The fourth-order valence-electron chi connectivity index (χ4n) is 3.27. The minimum absolute atomic E-state index is 0.146. The lowest BCUT2D eigenvalue weighted by atomic mass is 10.1. The van der Waals surface area contributed by atoms with Crippen molar-refractivity contribution in [3.8, 4) is 11.4 Å². The Balaban J connectivity index is 1.66. The van der Waals surface area contributed by atoms with E-state index < -0.39 is 16.1 Å². The molecule has 0 aliphatic heterocycles. The number of nitrogens with one attached hydrogen (secondary N) is 1. The van der Waals surface area contributed by atoms with E-state index in [4.69, 9.17) is 0 Å². The highest BCUT2D eigenvalue weighted by Crippen LogP contribution is 2.37. The molecular formula is C23H20N6O3S. The van der Waals surface area contributed by atoms with Gasteiger partial charge in [-0.05, 0) is 36.2 Å². The zero-order chi connectivity index (χ0) is 23.4. The standard InChI is InChI=1S/C23H20N6O3S/c1-15-8-9-18(19(14-15)29(31)32)25-22(30)20(16-6-4-3-5-7-16)33-23-27-26-21(28(23)2)17-10-12-24-13-11-17/h3-14,20H,1-2H3,(H,25,30)/t20-/m1/s1. The summed E-state index contributed by atoms with van der Waals surface area (Å²) >= 11 is 1.22. The van der Waals surface area contributed by atoms with Gasteiger partial charge in [-0.15, -0.1) is 10.2 Å². The van der Waals surface area contributed by atoms with E-state index in [1.165, 1.54) is 17.8 Å². The van der Waals surface area contributed by atoms with Crippen molar-refractivity contribution in [3.63, 3.8) is 0 Å². The van der Waals surface area contributed by atoms with Gasteiger partial charge in [0.2, 0.25) is 5.91 Å². The minimum Gasteiger partial charge on any atom is -0.319 e. The molecule has 2 aromatic heterocycles. The van der Waals surface area contributed by atoms with Crippen molar-refractivity contribution in [2.24, 2.45) is 7.05 Å². The zero-order valence-corrected chi connectivity index (χ0v) is 18.7. The Morgan fingerprint density at radius 1 is 1.09 bits per heavy atom. The third kappa shape index (κ3) is 4.90. The van der Waals surface area contributed by atoms with E-state index in [0.717, 1.165) is 16.7 Å². The highest BCUT2D eigenvalue weighted by Gasteiger charge is 2.27. The first-order valence-corrected chi connectivity index (χ1v) is 10.9. The van der Waals surface area contributed by atoms with Crippen LogP contribution >= 0.6 is 11.8 Å². The summed E-state index contributed by atoms with van der Waals surface area (Å²) in [6.07, 6.45) is 3.34. The first-order valence-electron chi connectivity index (χ1n) is 10.0. The molecule has 166 valence electrons. The van der Waals surface area contributed by atoms with Crippen LogP contribution < -0.4 is 5.32 Å². The van der Waals surface area contributed by atoms with E-state index >= 15 is 0 Å². The molecule has 4 aromatic rings. The van der Waals surface area contributed by atoms with Crippen LogP contribution in [0.4, 0.5) is 11.4 Å². The molecule has 0 bridgehead atoms. The Morgan fingerprint density at radius 3 is 2.52 bits per heavy atom. The number of benzene rings is 2. The molecular weight excluding hydrogens is 440 g/mol. The van der Waals surface area contributed by atoms with Gasteiger partial charge in [-0.2, -0.15) is 0 Å². The Bertz CT molecular complexity index is 1290. The largest absolute Gasteiger partial charge is 0.319 e. The van der Waals surface area contributed by atoms with Gasteiger partial charge in [0.1, 0.15) is 10.9 Å². The third-order valence-electron chi connectivity index (χ3n) is 4.94.